The predicted octanol–water partition coefficient (Wildman–Crippen LogP) is 1.37. The smallest absolute Gasteiger partial charge is 0.347 e. The van der Waals surface area contributed by atoms with Crippen molar-refractivity contribution in [2.24, 2.45) is 0 Å². The van der Waals surface area contributed by atoms with Crippen LogP contribution >= 0.6 is 23.2 Å². The maximum absolute atomic E-state index is 10.9. The third kappa shape index (κ3) is 6.42. The van der Waals surface area contributed by atoms with E-state index in [4.69, 9.17) is 23.2 Å². The Morgan fingerprint density at radius 1 is 1.31 bits per heavy atom. The molecule has 0 aromatic rings. The molecule has 16 heavy (non-hydrogen) atoms. The van der Waals surface area contributed by atoms with Gasteiger partial charge in [-0.15, -0.1) is 0 Å². The van der Waals surface area contributed by atoms with Crippen LogP contribution in [0.4, 0.5) is 0 Å². The summed E-state index contributed by atoms with van der Waals surface area (Å²) in [6.45, 7) is 4.61. The van der Waals surface area contributed by atoms with Crippen LogP contribution in [0.1, 0.15) is 13.3 Å². The van der Waals surface area contributed by atoms with Gasteiger partial charge in [-0.25, -0.2) is 9.59 Å². The van der Waals surface area contributed by atoms with E-state index in [0.717, 1.165) is 0 Å². The molecule has 0 atom stereocenters. The monoisotopic (exact) mass is 268 g/mol. The van der Waals surface area contributed by atoms with Crippen molar-refractivity contribution in [3.05, 3.63) is 12.2 Å². The van der Waals surface area contributed by atoms with Gasteiger partial charge in [-0.2, -0.15) is 0 Å². The van der Waals surface area contributed by atoms with Crippen LogP contribution in [0, 0.1) is 0 Å². The molecule has 0 N–H and O–H groups in total. The highest BCUT2D eigenvalue weighted by Gasteiger charge is 2.17. The zero-order valence-corrected chi connectivity index (χ0v) is 10.0. The number of hydrogen-bond acceptors (Lipinski definition) is 5. The molecule has 0 rings (SSSR count). The fourth-order valence-electron chi connectivity index (χ4n) is 0.558. The lowest BCUT2D eigenvalue weighted by atomic mass is 10.4. The molecule has 0 aliphatic rings. The fraction of sp³-hybridized carbons (Fsp3) is 0.444. The molecule has 0 aliphatic heterocycles. The number of carbonyl (C=O) groups is 3. The average Bonchev–Trinajstić information content (AvgIpc) is 2.16. The van der Waals surface area contributed by atoms with Crippen molar-refractivity contribution in [2.45, 2.75) is 18.2 Å². The van der Waals surface area contributed by atoms with Crippen molar-refractivity contribution in [1.82, 2.24) is 0 Å². The van der Waals surface area contributed by atoms with E-state index in [-0.39, 0.29) is 18.6 Å². The minimum absolute atomic E-state index is 0.201. The summed E-state index contributed by atoms with van der Waals surface area (Å²) < 4.78 is 8.80. The summed E-state index contributed by atoms with van der Waals surface area (Å²) in [7, 11) is 0. The van der Waals surface area contributed by atoms with Crippen LogP contribution in [-0.2, 0) is 23.9 Å². The number of rotatable bonds is 5. The molecule has 0 aliphatic carbocycles. The van der Waals surface area contributed by atoms with Gasteiger partial charge in [-0.05, 0) is 6.92 Å². The van der Waals surface area contributed by atoms with Crippen molar-refractivity contribution < 1.29 is 23.9 Å². The number of halogens is 2. The second kappa shape index (κ2) is 7.24. The largest absolute Gasteiger partial charge is 0.462 e. The summed E-state index contributed by atoms with van der Waals surface area (Å²) in [4.78, 5) is 31.1. The number of alkyl halides is 2. The lowest BCUT2D eigenvalue weighted by molar-refractivity contribution is -0.159. The van der Waals surface area contributed by atoms with Crippen LogP contribution in [0.15, 0.2) is 12.2 Å². The second-order valence-corrected chi connectivity index (χ2v) is 3.86. The van der Waals surface area contributed by atoms with E-state index < -0.39 is 22.7 Å². The number of esters is 3. The molecule has 0 bridgehead atoms. The van der Waals surface area contributed by atoms with Crippen LogP contribution in [-0.4, -0.2) is 29.4 Å². The molecule has 0 unspecified atom stereocenters. The Kier molecular flexibility index (Phi) is 6.76. The van der Waals surface area contributed by atoms with E-state index >= 15 is 0 Å². The van der Waals surface area contributed by atoms with Crippen molar-refractivity contribution in [2.75, 3.05) is 6.61 Å². The highest BCUT2D eigenvalue weighted by atomic mass is 35.5. The van der Waals surface area contributed by atoms with Crippen LogP contribution in [0.25, 0.3) is 0 Å². The first-order valence-electron chi connectivity index (χ1n) is 4.20. The highest BCUT2D eigenvalue weighted by Crippen LogP contribution is 2.04. The Morgan fingerprint density at radius 2 is 1.88 bits per heavy atom. The number of hydrogen-bond donors (Lipinski definition) is 0. The predicted molar refractivity (Wildman–Crippen MR) is 57.0 cm³/mol. The van der Waals surface area contributed by atoms with Gasteiger partial charge in [0.1, 0.15) is 6.61 Å². The molecular formula is C9H10Cl2O5. The molecular weight excluding hydrogens is 259 g/mol. The molecule has 0 spiro atoms. The maximum atomic E-state index is 10.9. The first-order valence-corrected chi connectivity index (χ1v) is 5.07. The second-order valence-electron chi connectivity index (χ2n) is 2.76. The van der Waals surface area contributed by atoms with E-state index in [9.17, 15) is 14.4 Å². The van der Waals surface area contributed by atoms with Crippen molar-refractivity contribution in [3.8, 4) is 0 Å². The van der Waals surface area contributed by atoms with E-state index in [0.29, 0.717) is 0 Å². The average molecular weight is 269 g/mol. The SMILES string of the molecule is C=C(C)C(=O)OCCC(=O)OC(=O)C(Cl)Cl. The fourth-order valence-corrected chi connectivity index (χ4v) is 0.647. The summed E-state index contributed by atoms with van der Waals surface area (Å²) in [5.74, 6) is -2.54. The van der Waals surface area contributed by atoms with E-state index in [1.807, 2.05) is 0 Å². The van der Waals surface area contributed by atoms with Gasteiger partial charge >= 0.3 is 17.9 Å². The quantitative estimate of drug-likeness (QED) is 0.326. The van der Waals surface area contributed by atoms with Gasteiger partial charge in [0, 0.05) is 5.57 Å². The van der Waals surface area contributed by atoms with E-state index in [2.05, 4.69) is 16.1 Å². The topological polar surface area (TPSA) is 69.7 Å². The molecule has 0 heterocycles. The van der Waals surface area contributed by atoms with Crippen LogP contribution in [0.2, 0.25) is 0 Å². The van der Waals surface area contributed by atoms with Crippen LogP contribution in [0.3, 0.4) is 0 Å². The van der Waals surface area contributed by atoms with Gasteiger partial charge in [-0.3, -0.25) is 4.79 Å². The lowest BCUT2D eigenvalue weighted by Gasteiger charge is -2.04. The van der Waals surface area contributed by atoms with Gasteiger partial charge in [0.15, 0.2) is 0 Å². The molecule has 0 saturated carbocycles. The standard InChI is InChI=1S/C9H10Cl2O5/c1-5(2)8(13)15-4-3-6(12)16-9(14)7(10)11/h7H,1,3-4H2,2H3. The molecule has 0 saturated heterocycles. The summed E-state index contributed by atoms with van der Waals surface area (Å²) in [5, 5.41) is 0. The Morgan fingerprint density at radius 3 is 2.31 bits per heavy atom. The van der Waals surface area contributed by atoms with Crippen LogP contribution in [0.5, 0.6) is 0 Å². The maximum Gasteiger partial charge on any atom is 0.347 e. The molecule has 0 aromatic heterocycles. The van der Waals surface area contributed by atoms with Crippen LogP contribution < -0.4 is 0 Å². The normalized spacial score (nSPS) is 9.75. The minimum atomic E-state index is -1.41. The third-order valence-electron chi connectivity index (χ3n) is 1.28. The molecule has 0 aromatic carbocycles. The van der Waals surface area contributed by atoms with E-state index in [1.165, 1.54) is 6.92 Å². The summed E-state index contributed by atoms with van der Waals surface area (Å²) >= 11 is 10.3. The Balaban J connectivity index is 3.79. The van der Waals surface area contributed by atoms with Gasteiger partial charge in [-0.1, -0.05) is 29.8 Å². The van der Waals surface area contributed by atoms with Gasteiger partial charge < -0.3 is 9.47 Å². The van der Waals surface area contributed by atoms with Crippen molar-refractivity contribution in [1.29, 1.82) is 0 Å². The molecule has 0 radical (unpaired) electrons. The summed E-state index contributed by atoms with van der Waals surface area (Å²) in [6, 6.07) is 0. The number of carbonyl (C=O) groups excluding carboxylic acids is 3. The Hall–Kier alpha value is -1.07. The first kappa shape index (κ1) is 14.9. The molecule has 90 valence electrons. The molecule has 0 fully saturated rings. The van der Waals surface area contributed by atoms with E-state index in [1.54, 1.807) is 0 Å². The lowest BCUT2D eigenvalue weighted by Crippen LogP contribution is -2.19. The first-order chi connectivity index (χ1) is 7.34. The molecule has 7 heteroatoms. The minimum Gasteiger partial charge on any atom is -0.462 e. The van der Waals surface area contributed by atoms with Gasteiger partial charge in [0.2, 0.25) is 4.84 Å². The highest BCUT2D eigenvalue weighted by molar-refractivity contribution is 6.53. The molecule has 5 nitrogen and oxygen atoms in total. The number of ether oxygens (including phenoxy) is 2. The van der Waals surface area contributed by atoms with Gasteiger partial charge in [0.25, 0.3) is 0 Å². The summed E-state index contributed by atoms with van der Waals surface area (Å²) in [5.41, 5.74) is 0.214. The van der Waals surface area contributed by atoms with Crippen molar-refractivity contribution in [3.63, 3.8) is 0 Å². The van der Waals surface area contributed by atoms with Gasteiger partial charge in [0.05, 0.1) is 6.42 Å². The third-order valence-corrected chi connectivity index (χ3v) is 1.64. The summed E-state index contributed by atoms with van der Waals surface area (Å²) in [6.07, 6.45) is -0.259. The zero-order chi connectivity index (χ0) is 12.7. The Bertz CT molecular complexity index is 311. The zero-order valence-electron chi connectivity index (χ0n) is 8.50. The molecule has 0 amide bonds. The Labute approximate surface area is 102 Å². The van der Waals surface area contributed by atoms with Crippen molar-refractivity contribution >= 4 is 41.1 Å².